The summed E-state index contributed by atoms with van der Waals surface area (Å²) < 4.78 is 16.8. The smallest absolute Gasteiger partial charge is 0.348 e. The van der Waals surface area contributed by atoms with E-state index in [-0.39, 0.29) is 30.4 Å². The minimum absolute atomic E-state index is 0.0131. The first-order valence-corrected chi connectivity index (χ1v) is 11.2. The third-order valence-corrected chi connectivity index (χ3v) is 5.58. The van der Waals surface area contributed by atoms with Crippen LogP contribution >= 0.6 is 11.3 Å². The van der Waals surface area contributed by atoms with Crippen molar-refractivity contribution in [1.82, 2.24) is 5.32 Å². The first-order valence-electron chi connectivity index (χ1n) is 10.4. The second-order valence-corrected chi connectivity index (χ2v) is 8.50. The van der Waals surface area contributed by atoms with Crippen molar-refractivity contribution in [3.8, 4) is 11.5 Å². The fraction of sp³-hybridized carbons (Fsp3) is 0.292. The highest BCUT2D eigenvalue weighted by molar-refractivity contribution is 7.20. The molecule has 1 heterocycles. The fourth-order valence-corrected chi connectivity index (χ4v) is 4.00. The molecule has 3 rings (SSSR count). The van der Waals surface area contributed by atoms with Crippen LogP contribution in [0.1, 0.15) is 40.8 Å². The van der Waals surface area contributed by atoms with Crippen molar-refractivity contribution in [1.29, 1.82) is 0 Å². The van der Waals surface area contributed by atoms with Crippen LogP contribution in [0.5, 0.6) is 11.5 Å². The monoisotopic (exact) mass is 470 g/mol. The summed E-state index contributed by atoms with van der Waals surface area (Å²) in [5, 5.41) is 6.42. The number of carbonyl (C=O) groups is 3. The van der Waals surface area contributed by atoms with Crippen molar-refractivity contribution in [2.75, 3.05) is 25.6 Å². The Bertz CT molecular complexity index is 1170. The Kier molecular flexibility index (Phi) is 7.89. The second-order valence-electron chi connectivity index (χ2n) is 7.41. The summed E-state index contributed by atoms with van der Waals surface area (Å²) in [5.74, 6) is -0.242. The number of benzene rings is 2. The lowest BCUT2D eigenvalue weighted by Crippen LogP contribution is -2.34. The number of fused-ring (bicyclic) bond motifs is 1. The summed E-state index contributed by atoms with van der Waals surface area (Å²) in [4.78, 5) is 37.0. The van der Waals surface area contributed by atoms with E-state index >= 15 is 0 Å². The third-order valence-electron chi connectivity index (χ3n) is 4.49. The molecule has 1 aromatic heterocycles. The van der Waals surface area contributed by atoms with Gasteiger partial charge in [0.25, 0.3) is 11.8 Å². The number of rotatable bonds is 9. The molecule has 2 amide bonds. The summed E-state index contributed by atoms with van der Waals surface area (Å²) in [6.45, 7) is 5.64. The lowest BCUT2D eigenvalue weighted by molar-refractivity contribution is -0.123. The third kappa shape index (κ3) is 6.23. The van der Waals surface area contributed by atoms with Crippen LogP contribution in [0, 0.1) is 0 Å². The van der Waals surface area contributed by atoms with E-state index in [9.17, 15) is 14.4 Å². The molecule has 0 bridgehead atoms. The van der Waals surface area contributed by atoms with E-state index in [2.05, 4.69) is 10.6 Å². The zero-order chi connectivity index (χ0) is 24.0. The van der Waals surface area contributed by atoms with Gasteiger partial charge in [-0.3, -0.25) is 9.59 Å². The molecular weight excluding hydrogens is 444 g/mol. The number of carbonyl (C=O) groups excluding carboxylic acids is 3. The summed E-state index contributed by atoms with van der Waals surface area (Å²) in [5.41, 5.74) is 0.953. The molecule has 3 aromatic rings. The zero-order valence-electron chi connectivity index (χ0n) is 18.9. The number of hydrogen-bond acceptors (Lipinski definition) is 7. The first kappa shape index (κ1) is 24.1. The lowest BCUT2D eigenvalue weighted by atomic mass is 10.1. The van der Waals surface area contributed by atoms with Crippen LogP contribution < -0.4 is 20.1 Å². The predicted molar refractivity (Wildman–Crippen MR) is 128 cm³/mol. The Labute approximate surface area is 195 Å². The van der Waals surface area contributed by atoms with Crippen LogP contribution in [0.3, 0.4) is 0 Å². The highest BCUT2D eigenvalue weighted by Gasteiger charge is 2.15. The predicted octanol–water partition coefficient (Wildman–Crippen LogP) is 4.24. The summed E-state index contributed by atoms with van der Waals surface area (Å²) in [6.07, 6.45) is 0. The van der Waals surface area contributed by atoms with E-state index in [0.29, 0.717) is 34.2 Å². The number of nitrogens with one attached hydrogen (secondary N) is 2. The zero-order valence-corrected chi connectivity index (χ0v) is 19.7. The van der Waals surface area contributed by atoms with Gasteiger partial charge in [-0.1, -0.05) is 0 Å². The molecule has 0 atom stereocenters. The molecule has 0 fully saturated rings. The highest BCUT2D eigenvalue weighted by Crippen LogP contribution is 2.30. The Morgan fingerprint density at radius 2 is 1.82 bits per heavy atom. The van der Waals surface area contributed by atoms with E-state index in [4.69, 9.17) is 14.2 Å². The molecule has 0 saturated carbocycles. The maximum Gasteiger partial charge on any atom is 0.348 e. The van der Waals surface area contributed by atoms with Crippen molar-refractivity contribution >= 4 is 44.9 Å². The molecule has 8 nitrogen and oxygen atoms in total. The quantitative estimate of drug-likeness (QED) is 0.454. The molecule has 174 valence electrons. The average Bonchev–Trinajstić information content (AvgIpc) is 3.21. The van der Waals surface area contributed by atoms with E-state index < -0.39 is 0 Å². The standard InChI is InChI=1S/C24H26N2O6S/c1-5-31-24(29)21-12-16-10-17(7-9-20(16)33-21)26-23(28)15-6-8-18(19(11-15)30-4)32-13-22(27)25-14(2)3/h6-12,14H,5,13H2,1-4H3,(H,25,27)(H,26,28). The van der Waals surface area contributed by atoms with Crippen molar-refractivity contribution in [2.45, 2.75) is 26.8 Å². The average molecular weight is 471 g/mol. The van der Waals surface area contributed by atoms with Crippen LogP contribution in [0.15, 0.2) is 42.5 Å². The molecule has 2 aromatic carbocycles. The van der Waals surface area contributed by atoms with Gasteiger partial charge in [-0.05, 0) is 68.6 Å². The van der Waals surface area contributed by atoms with E-state index in [1.807, 2.05) is 19.9 Å². The summed E-state index contributed by atoms with van der Waals surface area (Å²) in [6, 6.07) is 11.9. The van der Waals surface area contributed by atoms with Gasteiger partial charge < -0.3 is 24.8 Å². The van der Waals surface area contributed by atoms with Crippen molar-refractivity contribution in [3.05, 3.63) is 52.9 Å². The van der Waals surface area contributed by atoms with Gasteiger partial charge in [-0.25, -0.2) is 4.79 Å². The molecule has 0 spiro atoms. The van der Waals surface area contributed by atoms with Gasteiger partial charge in [0, 0.05) is 22.0 Å². The molecule has 2 N–H and O–H groups in total. The van der Waals surface area contributed by atoms with E-state index in [0.717, 1.165) is 10.1 Å². The molecule has 33 heavy (non-hydrogen) atoms. The molecule has 9 heteroatoms. The van der Waals surface area contributed by atoms with Gasteiger partial charge in [-0.15, -0.1) is 11.3 Å². The number of thiophene rings is 1. The topological polar surface area (TPSA) is 103 Å². The Hall–Kier alpha value is -3.59. The Morgan fingerprint density at radius 1 is 1.03 bits per heavy atom. The van der Waals surface area contributed by atoms with Crippen molar-refractivity contribution in [2.24, 2.45) is 0 Å². The van der Waals surface area contributed by atoms with Gasteiger partial charge in [0.1, 0.15) is 4.88 Å². The van der Waals surface area contributed by atoms with Crippen LogP contribution in [0.2, 0.25) is 0 Å². The second kappa shape index (κ2) is 10.8. The molecule has 0 aliphatic rings. The van der Waals surface area contributed by atoms with Crippen molar-refractivity contribution < 1.29 is 28.6 Å². The number of anilines is 1. The summed E-state index contributed by atoms with van der Waals surface area (Å²) >= 11 is 1.34. The number of esters is 1. The van der Waals surface area contributed by atoms with Gasteiger partial charge in [-0.2, -0.15) is 0 Å². The molecule has 0 radical (unpaired) electrons. The minimum Gasteiger partial charge on any atom is -0.493 e. The van der Waals surface area contributed by atoms with E-state index in [1.54, 1.807) is 43.3 Å². The molecule has 0 saturated heterocycles. The maximum absolute atomic E-state index is 12.8. The lowest BCUT2D eigenvalue weighted by Gasteiger charge is -2.13. The van der Waals surface area contributed by atoms with Crippen LogP contribution in [-0.4, -0.2) is 44.1 Å². The van der Waals surface area contributed by atoms with Gasteiger partial charge in [0.15, 0.2) is 18.1 Å². The maximum atomic E-state index is 12.8. The molecule has 0 aliphatic heterocycles. The molecule has 0 aliphatic carbocycles. The Morgan fingerprint density at radius 3 is 2.52 bits per heavy atom. The minimum atomic E-state index is -0.361. The van der Waals surface area contributed by atoms with Gasteiger partial charge in [0.05, 0.1) is 13.7 Å². The van der Waals surface area contributed by atoms with E-state index in [1.165, 1.54) is 18.4 Å². The number of methoxy groups -OCH3 is 1. The Balaban J connectivity index is 1.71. The SMILES string of the molecule is CCOC(=O)c1cc2cc(NC(=O)c3ccc(OCC(=O)NC(C)C)c(OC)c3)ccc2s1. The van der Waals surface area contributed by atoms with Gasteiger partial charge in [0.2, 0.25) is 0 Å². The number of hydrogen-bond donors (Lipinski definition) is 2. The summed E-state index contributed by atoms with van der Waals surface area (Å²) in [7, 11) is 1.46. The van der Waals surface area contributed by atoms with Crippen LogP contribution in [0.25, 0.3) is 10.1 Å². The number of ether oxygens (including phenoxy) is 3. The normalized spacial score (nSPS) is 10.7. The molecule has 0 unspecified atom stereocenters. The highest BCUT2D eigenvalue weighted by atomic mass is 32.1. The fourth-order valence-electron chi connectivity index (χ4n) is 3.06. The molecular formula is C24H26N2O6S. The van der Waals surface area contributed by atoms with Crippen LogP contribution in [-0.2, 0) is 9.53 Å². The number of amides is 2. The van der Waals surface area contributed by atoms with Crippen LogP contribution in [0.4, 0.5) is 5.69 Å². The largest absolute Gasteiger partial charge is 0.493 e. The van der Waals surface area contributed by atoms with Gasteiger partial charge >= 0.3 is 5.97 Å². The first-order chi connectivity index (χ1) is 15.8. The van der Waals surface area contributed by atoms with Crippen molar-refractivity contribution in [3.63, 3.8) is 0 Å².